The number of aryl methyl sites for hydroxylation is 1. The number of aliphatic hydroxyl groups is 1. The number of piperidine rings is 1. The molecular weight excluding hydrogens is 643 g/mol. The van der Waals surface area contributed by atoms with Crippen molar-refractivity contribution in [2.24, 2.45) is 7.05 Å². The van der Waals surface area contributed by atoms with Gasteiger partial charge in [0, 0.05) is 79.4 Å². The van der Waals surface area contributed by atoms with Gasteiger partial charge in [-0.3, -0.25) is 29.5 Å². The molecule has 8 rings (SSSR count). The van der Waals surface area contributed by atoms with Crippen molar-refractivity contribution in [2.45, 2.75) is 63.0 Å². The summed E-state index contributed by atoms with van der Waals surface area (Å²) in [7, 11) is 5.18. The Morgan fingerprint density at radius 2 is 1.82 bits per heavy atom. The molecule has 5 heterocycles. The number of nitrogens with zero attached hydrogens (tertiary/aromatic N) is 4. The summed E-state index contributed by atoms with van der Waals surface area (Å²) in [4.78, 5) is 43.8. The maximum Gasteiger partial charge on any atom is 0.259 e. The number of carbonyl (C=O) groups excluding carboxylic acids is 2. The van der Waals surface area contributed by atoms with Gasteiger partial charge in [-0.15, -0.1) is 11.3 Å². The Bertz CT molecular complexity index is 2010. The van der Waals surface area contributed by atoms with E-state index in [2.05, 4.69) is 45.4 Å². The molecule has 2 unspecified atom stereocenters. The number of hydrogen-bond donors (Lipinski definition) is 2. The standard InChI is InChI=1S/C37H41N5O6S/c1-39-19-27(33-25(35(39)45)9-14-49-33)23-15-30(47-2)28(31(16-23)48-3)20-41-13-12-40(21-37(41)10-4-11-37)24-6-5-22-18-42(36(46)26(22)17-24)29-7-8-32(43)38-34(29)44/h5-6,9,14-17,19,29,36,46H,4,7-8,10-13,18,20-21H2,1-3H3,(H,38,43,44). The predicted molar refractivity (Wildman–Crippen MR) is 188 cm³/mol. The molecule has 1 spiro atoms. The zero-order valence-corrected chi connectivity index (χ0v) is 28.8. The Labute approximate surface area is 288 Å². The number of nitrogens with one attached hydrogen (secondary N) is 1. The van der Waals surface area contributed by atoms with E-state index in [-0.39, 0.29) is 29.3 Å². The summed E-state index contributed by atoms with van der Waals surface area (Å²) in [5, 5.41) is 16.4. The molecule has 2 N–H and O–H groups in total. The molecule has 2 aromatic heterocycles. The van der Waals surface area contributed by atoms with Gasteiger partial charge in [-0.25, -0.2) is 0 Å². The molecule has 2 saturated heterocycles. The first-order chi connectivity index (χ1) is 23.7. The van der Waals surface area contributed by atoms with E-state index < -0.39 is 12.3 Å². The van der Waals surface area contributed by atoms with Gasteiger partial charge in [0.15, 0.2) is 0 Å². The molecule has 1 aliphatic carbocycles. The van der Waals surface area contributed by atoms with Crippen LogP contribution in [0.5, 0.6) is 11.5 Å². The average Bonchev–Trinajstić information content (AvgIpc) is 3.71. The van der Waals surface area contributed by atoms with Crippen LogP contribution in [0, 0.1) is 0 Å². The number of imide groups is 1. The van der Waals surface area contributed by atoms with E-state index in [1.54, 1.807) is 42.1 Å². The molecule has 4 aromatic rings. The van der Waals surface area contributed by atoms with Crippen LogP contribution in [0.4, 0.5) is 5.69 Å². The fraction of sp³-hybridized carbons (Fsp3) is 0.432. The monoisotopic (exact) mass is 683 g/mol. The molecule has 0 radical (unpaired) electrons. The summed E-state index contributed by atoms with van der Waals surface area (Å²) in [5.74, 6) is 0.936. The summed E-state index contributed by atoms with van der Waals surface area (Å²) in [6.45, 7) is 3.71. The number of benzene rings is 2. The predicted octanol–water partition coefficient (Wildman–Crippen LogP) is 4.14. The van der Waals surface area contributed by atoms with Gasteiger partial charge in [-0.1, -0.05) is 6.07 Å². The van der Waals surface area contributed by atoms with Gasteiger partial charge in [0.05, 0.1) is 31.2 Å². The van der Waals surface area contributed by atoms with Crippen molar-refractivity contribution >= 4 is 38.9 Å². The second-order valence-corrected chi connectivity index (χ2v) is 14.7. The van der Waals surface area contributed by atoms with Gasteiger partial charge >= 0.3 is 0 Å². The maximum atomic E-state index is 12.7. The van der Waals surface area contributed by atoms with Crippen LogP contribution >= 0.6 is 11.3 Å². The highest BCUT2D eigenvalue weighted by atomic mass is 32.1. The van der Waals surface area contributed by atoms with E-state index >= 15 is 0 Å². The number of aromatic nitrogens is 1. The average molecular weight is 684 g/mol. The molecule has 2 atom stereocenters. The third-order valence-electron chi connectivity index (χ3n) is 11.2. The lowest BCUT2D eigenvalue weighted by atomic mass is 9.73. The minimum atomic E-state index is -0.891. The van der Waals surface area contributed by atoms with Gasteiger partial charge in [-0.05, 0) is 72.5 Å². The molecule has 49 heavy (non-hydrogen) atoms. The lowest BCUT2D eigenvalue weighted by Crippen LogP contribution is -2.65. The van der Waals surface area contributed by atoms with Gasteiger partial charge < -0.3 is 24.0 Å². The Morgan fingerprint density at radius 3 is 2.51 bits per heavy atom. The zero-order valence-electron chi connectivity index (χ0n) is 28.0. The van der Waals surface area contributed by atoms with E-state index in [9.17, 15) is 19.5 Å². The van der Waals surface area contributed by atoms with Crippen molar-refractivity contribution in [3.63, 3.8) is 0 Å². The number of amides is 2. The van der Waals surface area contributed by atoms with Crippen molar-refractivity contribution in [1.29, 1.82) is 0 Å². The first-order valence-electron chi connectivity index (χ1n) is 16.9. The molecule has 2 amide bonds. The molecule has 1 saturated carbocycles. The van der Waals surface area contributed by atoms with E-state index in [1.165, 1.54) is 6.42 Å². The molecule has 2 aromatic carbocycles. The summed E-state index contributed by atoms with van der Waals surface area (Å²) in [6.07, 6.45) is 5.06. The topological polar surface area (TPSA) is 117 Å². The number of piperazine rings is 1. The van der Waals surface area contributed by atoms with Crippen molar-refractivity contribution in [3.05, 3.63) is 75.0 Å². The van der Waals surface area contributed by atoms with Crippen LogP contribution in [0.15, 0.2) is 52.8 Å². The van der Waals surface area contributed by atoms with E-state index in [1.807, 2.05) is 17.6 Å². The van der Waals surface area contributed by atoms with Crippen LogP contribution in [-0.4, -0.2) is 76.7 Å². The minimum absolute atomic E-state index is 0.00414. The van der Waals surface area contributed by atoms with Crippen LogP contribution in [0.3, 0.4) is 0 Å². The van der Waals surface area contributed by atoms with Crippen molar-refractivity contribution < 1.29 is 24.2 Å². The number of aliphatic hydroxyl groups excluding tert-OH is 1. The zero-order chi connectivity index (χ0) is 34.0. The largest absolute Gasteiger partial charge is 0.496 e. The number of hydrogen-bond acceptors (Lipinski definition) is 10. The lowest BCUT2D eigenvalue weighted by Gasteiger charge is -2.56. The summed E-state index contributed by atoms with van der Waals surface area (Å²) in [5.41, 5.74) is 5.84. The fourth-order valence-corrected chi connectivity index (χ4v) is 9.24. The third kappa shape index (κ3) is 5.32. The Morgan fingerprint density at radius 1 is 1.04 bits per heavy atom. The van der Waals surface area contributed by atoms with Crippen molar-refractivity contribution in [2.75, 3.05) is 38.8 Å². The van der Waals surface area contributed by atoms with Gasteiger partial charge in [0.1, 0.15) is 17.7 Å². The smallest absolute Gasteiger partial charge is 0.259 e. The van der Waals surface area contributed by atoms with E-state index in [0.717, 1.165) is 82.2 Å². The van der Waals surface area contributed by atoms with Crippen molar-refractivity contribution in [3.8, 4) is 22.6 Å². The first kappa shape index (κ1) is 32.0. The summed E-state index contributed by atoms with van der Waals surface area (Å²) >= 11 is 1.56. The molecule has 3 fully saturated rings. The van der Waals surface area contributed by atoms with Gasteiger partial charge in [0.25, 0.3) is 5.56 Å². The SMILES string of the molecule is COc1cc(-c2cn(C)c(=O)c3ccsc23)cc(OC)c1CN1CCN(c2ccc3c(c2)C(O)N(C2CCC(=O)NC2=O)C3)CC12CCC2. The third-order valence-corrected chi connectivity index (χ3v) is 12.1. The van der Waals surface area contributed by atoms with Gasteiger partial charge in [-0.2, -0.15) is 0 Å². The molecule has 0 bridgehead atoms. The lowest BCUT2D eigenvalue weighted by molar-refractivity contribution is -0.141. The first-order valence-corrected chi connectivity index (χ1v) is 17.8. The Balaban J connectivity index is 1.04. The van der Waals surface area contributed by atoms with Crippen LogP contribution in [-0.2, 0) is 29.7 Å². The maximum absolute atomic E-state index is 12.7. The quantitative estimate of drug-likeness (QED) is 0.278. The Kier molecular flexibility index (Phi) is 8.02. The van der Waals surface area contributed by atoms with Crippen LogP contribution in [0.1, 0.15) is 55.0 Å². The number of fused-ring (bicyclic) bond motifs is 2. The molecule has 12 heteroatoms. The highest BCUT2D eigenvalue weighted by Crippen LogP contribution is 2.46. The van der Waals surface area contributed by atoms with Crippen LogP contribution in [0.25, 0.3) is 21.2 Å². The van der Waals surface area contributed by atoms with E-state index in [4.69, 9.17) is 9.47 Å². The van der Waals surface area contributed by atoms with Gasteiger partial charge in [0.2, 0.25) is 11.8 Å². The summed E-state index contributed by atoms with van der Waals surface area (Å²) < 4.78 is 14.6. The number of carbonyl (C=O) groups is 2. The number of ether oxygens (including phenoxy) is 2. The highest BCUT2D eigenvalue weighted by molar-refractivity contribution is 7.17. The molecule has 3 aliphatic heterocycles. The Hall–Kier alpha value is -4.23. The van der Waals surface area contributed by atoms with Crippen molar-refractivity contribution in [1.82, 2.24) is 19.7 Å². The number of rotatable bonds is 7. The summed E-state index contributed by atoms with van der Waals surface area (Å²) in [6, 6.07) is 11.8. The minimum Gasteiger partial charge on any atom is -0.496 e. The number of anilines is 1. The molecule has 11 nitrogen and oxygen atoms in total. The normalized spacial score (nSPS) is 22.3. The number of methoxy groups -OCH3 is 2. The number of pyridine rings is 1. The highest BCUT2D eigenvalue weighted by Gasteiger charge is 2.47. The molecule has 4 aliphatic rings. The second-order valence-electron chi connectivity index (χ2n) is 13.8. The van der Waals surface area contributed by atoms with Crippen LogP contribution < -0.4 is 25.2 Å². The fourth-order valence-electron chi connectivity index (χ4n) is 8.32. The number of thiophene rings is 1. The van der Waals surface area contributed by atoms with Crippen LogP contribution in [0.2, 0.25) is 0 Å². The molecule has 256 valence electrons. The second kappa shape index (κ2) is 12.3. The molecular formula is C37H41N5O6S. The van der Waals surface area contributed by atoms with E-state index in [0.29, 0.717) is 24.9 Å².